The number of carbonyl (C=O) groups excluding carboxylic acids is 5. The minimum atomic E-state index is -1.83. The first-order valence-electron chi connectivity index (χ1n) is 13.7. The highest BCUT2D eigenvalue weighted by molar-refractivity contribution is 5.95. The zero-order chi connectivity index (χ0) is 34.7. The molecular formula is C24H44N12O9. The standard InChI is InChI=1S/C24H44N12O9/c1-11(18(40)34-14(6-7-16(26)37)21(43)36-15(22(44)45)10-17(38)39)33-20(42)13(5-3-9-32-24(29)30)35-19(41)12(25)4-2-8-31-23(27)28/h11-15H,2-10,25H2,1H3,(H2,26,37)(H,33,42)(H,34,40)(H,35,41)(H,36,43)(H,38,39)(H,44,45)(H4,27,28,31)(H4,29,30,32). The molecule has 5 amide bonds. The second-order valence-electron chi connectivity index (χ2n) is 9.86. The largest absolute Gasteiger partial charge is 0.481 e. The van der Waals surface area contributed by atoms with Crippen LogP contribution in [0.3, 0.4) is 0 Å². The van der Waals surface area contributed by atoms with Gasteiger partial charge in [0.1, 0.15) is 24.2 Å². The molecule has 254 valence electrons. The van der Waals surface area contributed by atoms with Gasteiger partial charge in [0.15, 0.2) is 11.9 Å². The van der Waals surface area contributed by atoms with Crippen LogP contribution in [0, 0.1) is 0 Å². The molecule has 0 aromatic heterocycles. The van der Waals surface area contributed by atoms with Crippen molar-refractivity contribution in [1.29, 1.82) is 0 Å². The highest BCUT2D eigenvalue weighted by atomic mass is 16.4. The third kappa shape index (κ3) is 18.1. The van der Waals surface area contributed by atoms with Gasteiger partial charge in [0, 0.05) is 19.5 Å². The van der Waals surface area contributed by atoms with Gasteiger partial charge in [-0.2, -0.15) is 0 Å². The van der Waals surface area contributed by atoms with Gasteiger partial charge in [0.2, 0.25) is 29.5 Å². The first-order valence-corrected chi connectivity index (χ1v) is 13.7. The lowest BCUT2D eigenvalue weighted by Gasteiger charge is -2.24. The zero-order valence-corrected chi connectivity index (χ0v) is 24.9. The van der Waals surface area contributed by atoms with Crippen molar-refractivity contribution in [2.24, 2.45) is 44.4 Å². The number of amides is 5. The highest BCUT2D eigenvalue weighted by Crippen LogP contribution is 2.05. The molecule has 0 fully saturated rings. The zero-order valence-electron chi connectivity index (χ0n) is 24.9. The Kier molecular flexibility index (Phi) is 18.3. The van der Waals surface area contributed by atoms with Gasteiger partial charge in [-0.05, 0) is 39.0 Å². The fraction of sp³-hybridized carbons (Fsp3) is 0.625. The molecule has 21 nitrogen and oxygen atoms in total. The van der Waals surface area contributed by atoms with Gasteiger partial charge in [-0.15, -0.1) is 0 Å². The average Bonchev–Trinajstić information content (AvgIpc) is 2.93. The second kappa shape index (κ2) is 20.7. The molecule has 18 N–H and O–H groups in total. The summed E-state index contributed by atoms with van der Waals surface area (Å²) in [6.07, 6.45) is -0.878. The van der Waals surface area contributed by atoms with E-state index in [9.17, 15) is 38.7 Å². The Labute approximate surface area is 258 Å². The molecule has 5 unspecified atom stereocenters. The van der Waals surface area contributed by atoms with Crippen molar-refractivity contribution in [3.63, 3.8) is 0 Å². The third-order valence-electron chi connectivity index (χ3n) is 5.94. The number of rotatable bonds is 22. The molecule has 0 spiro atoms. The van der Waals surface area contributed by atoms with E-state index in [1.54, 1.807) is 0 Å². The Morgan fingerprint density at radius 1 is 0.644 bits per heavy atom. The van der Waals surface area contributed by atoms with Crippen LogP contribution >= 0.6 is 0 Å². The molecule has 0 bridgehead atoms. The lowest BCUT2D eigenvalue weighted by Crippen LogP contribution is -2.58. The maximum absolute atomic E-state index is 13.1. The summed E-state index contributed by atoms with van der Waals surface area (Å²) < 4.78 is 0. The molecule has 0 aromatic carbocycles. The molecule has 0 aromatic rings. The van der Waals surface area contributed by atoms with Crippen molar-refractivity contribution in [3.05, 3.63) is 0 Å². The van der Waals surface area contributed by atoms with Gasteiger partial charge in [-0.25, -0.2) is 4.79 Å². The monoisotopic (exact) mass is 644 g/mol. The van der Waals surface area contributed by atoms with E-state index in [0.717, 1.165) is 0 Å². The summed E-state index contributed by atoms with van der Waals surface area (Å²) in [6.45, 7) is 1.61. The Morgan fingerprint density at radius 2 is 1.11 bits per heavy atom. The Balaban J connectivity index is 5.60. The van der Waals surface area contributed by atoms with Crippen LogP contribution in [-0.4, -0.2) is 107 Å². The number of nitrogens with two attached hydrogens (primary N) is 6. The molecule has 0 saturated heterocycles. The maximum atomic E-state index is 13.1. The highest BCUT2D eigenvalue weighted by Gasteiger charge is 2.31. The number of guanidine groups is 2. The number of hydrogen-bond acceptors (Lipinski definition) is 10. The Morgan fingerprint density at radius 3 is 1.60 bits per heavy atom. The summed E-state index contributed by atoms with van der Waals surface area (Å²) in [7, 11) is 0. The van der Waals surface area contributed by atoms with Gasteiger partial charge in [-0.3, -0.25) is 38.8 Å². The smallest absolute Gasteiger partial charge is 0.326 e. The van der Waals surface area contributed by atoms with Crippen LogP contribution in [0.5, 0.6) is 0 Å². The number of aliphatic carboxylic acids is 2. The van der Waals surface area contributed by atoms with E-state index >= 15 is 0 Å². The van der Waals surface area contributed by atoms with Crippen LogP contribution in [-0.2, 0) is 33.6 Å². The number of primary amides is 1. The number of nitrogens with zero attached hydrogens (tertiary/aromatic N) is 2. The SMILES string of the molecule is CC(NC(=O)C(CCCN=C(N)N)NC(=O)C(N)CCCN=C(N)N)C(=O)NC(CCC(N)=O)C(=O)NC(CC(=O)O)C(=O)O. The van der Waals surface area contributed by atoms with E-state index in [-0.39, 0.29) is 50.7 Å². The summed E-state index contributed by atoms with van der Waals surface area (Å²) in [4.78, 5) is 92.6. The predicted octanol–water partition coefficient (Wildman–Crippen LogP) is -5.80. The fourth-order valence-electron chi connectivity index (χ4n) is 3.58. The topological polar surface area (TPSA) is 389 Å². The molecule has 21 heteroatoms. The van der Waals surface area contributed by atoms with Gasteiger partial charge in [0.25, 0.3) is 0 Å². The van der Waals surface area contributed by atoms with Gasteiger partial charge in [-0.1, -0.05) is 0 Å². The van der Waals surface area contributed by atoms with Crippen LogP contribution in [0.1, 0.15) is 51.9 Å². The molecular weight excluding hydrogens is 600 g/mol. The van der Waals surface area contributed by atoms with Crippen LogP contribution < -0.4 is 55.7 Å². The molecule has 0 aliphatic heterocycles. The third-order valence-corrected chi connectivity index (χ3v) is 5.94. The van der Waals surface area contributed by atoms with E-state index in [4.69, 9.17) is 39.5 Å². The normalized spacial score (nSPS) is 13.8. The van der Waals surface area contributed by atoms with Gasteiger partial charge < -0.3 is 65.9 Å². The number of hydrogen-bond donors (Lipinski definition) is 12. The van der Waals surface area contributed by atoms with Gasteiger partial charge >= 0.3 is 11.9 Å². The Hall–Kier alpha value is -5.21. The minimum absolute atomic E-state index is 0.0349. The van der Waals surface area contributed by atoms with Crippen molar-refractivity contribution in [3.8, 4) is 0 Å². The summed E-state index contributed by atoms with van der Waals surface area (Å²) >= 11 is 0. The number of aliphatic imine (C=N–C) groups is 2. The molecule has 0 rings (SSSR count). The summed E-state index contributed by atoms with van der Waals surface area (Å²) in [5.74, 6) is -7.79. The molecule has 0 radical (unpaired) electrons. The van der Waals surface area contributed by atoms with E-state index in [2.05, 4.69) is 25.9 Å². The lowest BCUT2D eigenvalue weighted by molar-refractivity contribution is -0.147. The number of carbonyl (C=O) groups is 7. The van der Waals surface area contributed by atoms with Crippen LogP contribution in [0.4, 0.5) is 0 Å². The van der Waals surface area contributed by atoms with Crippen molar-refractivity contribution in [1.82, 2.24) is 21.3 Å². The molecule has 45 heavy (non-hydrogen) atoms. The molecule has 0 aliphatic rings. The van der Waals surface area contributed by atoms with Crippen LogP contribution in [0.2, 0.25) is 0 Å². The van der Waals surface area contributed by atoms with Gasteiger partial charge in [0.05, 0.1) is 12.5 Å². The fourth-order valence-corrected chi connectivity index (χ4v) is 3.58. The molecule has 0 aliphatic carbocycles. The second-order valence-corrected chi connectivity index (χ2v) is 9.86. The molecule has 5 atom stereocenters. The van der Waals surface area contributed by atoms with E-state index < -0.39 is 84.5 Å². The van der Waals surface area contributed by atoms with Crippen LogP contribution in [0.25, 0.3) is 0 Å². The van der Waals surface area contributed by atoms with Crippen LogP contribution in [0.15, 0.2) is 9.98 Å². The Bertz CT molecular complexity index is 1120. The van der Waals surface area contributed by atoms with Crippen molar-refractivity contribution in [2.45, 2.75) is 82.1 Å². The summed E-state index contributed by atoms with van der Waals surface area (Å²) in [6, 6.07) is -6.88. The summed E-state index contributed by atoms with van der Waals surface area (Å²) in [5.41, 5.74) is 32.2. The van der Waals surface area contributed by atoms with Crippen molar-refractivity contribution < 1.29 is 43.8 Å². The van der Waals surface area contributed by atoms with Crippen molar-refractivity contribution in [2.75, 3.05) is 13.1 Å². The predicted molar refractivity (Wildman–Crippen MR) is 160 cm³/mol. The van der Waals surface area contributed by atoms with E-state index in [1.165, 1.54) is 6.92 Å². The first kappa shape index (κ1) is 39.8. The number of carboxylic acid groups (broad SMARTS) is 2. The van der Waals surface area contributed by atoms with E-state index in [1.807, 2.05) is 5.32 Å². The lowest BCUT2D eigenvalue weighted by atomic mass is 10.1. The number of carboxylic acids is 2. The number of nitrogens with one attached hydrogen (secondary N) is 4. The first-order chi connectivity index (χ1) is 20.9. The molecule has 0 saturated carbocycles. The average molecular weight is 645 g/mol. The molecule has 0 heterocycles. The van der Waals surface area contributed by atoms with Crippen molar-refractivity contribution >= 4 is 53.4 Å². The summed E-state index contributed by atoms with van der Waals surface area (Å²) in [5, 5.41) is 27.3. The minimum Gasteiger partial charge on any atom is -0.481 e. The van der Waals surface area contributed by atoms with E-state index in [0.29, 0.717) is 6.42 Å². The maximum Gasteiger partial charge on any atom is 0.326 e. The quantitative estimate of drug-likeness (QED) is 0.0297.